The standard InChI is InChI=1S/C16H30N2O5S/c1-7-10(2)12(14(20)21)18-13(19)11(8-9-24-6)17-15(22)23-16(3,4)5/h10-12H,7-9H2,1-6H3,(H,17,22)(H,18,19)(H,20,21)/t10-,11+,12-/m0/s1. The summed E-state index contributed by atoms with van der Waals surface area (Å²) in [6.07, 6.45) is 2.20. The second kappa shape index (κ2) is 10.4. The maximum atomic E-state index is 12.4. The van der Waals surface area contributed by atoms with Gasteiger partial charge in [-0.05, 0) is 45.1 Å². The van der Waals surface area contributed by atoms with E-state index in [9.17, 15) is 19.5 Å². The van der Waals surface area contributed by atoms with E-state index in [0.717, 1.165) is 0 Å². The number of carboxylic acids is 1. The van der Waals surface area contributed by atoms with Crippen LogP contribution in [0.2, 0.25) is 0 Å². The predicted octanol–water partition coefficient (Wildman–Crippen LogP) is 2.25. The molecule has 0 aliphatic carbocycles. The lowest BCUT2D eigenvalue weighted by Crippen LogP contribution is -2.54. The van der Waals surface area contributed by atoms with Crippen molar-refractivity contribution in [3.63, 3.8) is 0 Å². The van der Waals surface area contributed by atoms with Crippen molar-refractivity contribution < 1.29 is 24.2 Å². The van der Waals surface area contributed by atoms with Crippen molar-refractivity contribution in [3.05, 3.63) is 0 Å². The number of aliphatic carboxylic acids is 1. The van der Waals surface area contributed by atoms with Gasteiger partial charge in [0.15, 0.2) is 0 Å². The third-order valence-corrected chi connectivity index (χ3v) is 4.04. The van der Waals surface area contributed by atoms with Crippen molar-refractivity contribution in [1.82, 2.24) is 10.6 Å². The van der Waals surface area contributed by atoms with Crippen molar-refractivity contribution in [1.29, 1.82) is 0 Å². The van der Waals surface area contributed by atoms with Crippen LogP contribution in [0.4, 0.5) is 4.79 Å². The molecule has 3 N–H and O–H groups in total. The number of alkyl carbamates (subject to hydrolysis) is 1. The Morgan fingerprint density at radius 3 is 2.21 bits per heavy atom. The summed E-state index contributed by atoms with van der Waals surface area (Å²) in [4.78, 5) is 35.7. The van der Waals surface area contributed by atoms with E-state index >= 15 is 0 Å². The van der Waals surface area contributed by atoms with Gasteiger partial charge in [-0.3, -0.25) is 4.79 Å². The Balaban J connectivity index is 4.98. The fraction of sp³-hybridized carbons (Fsp3) is 0.812. The summed E-state index contributed by atoms with van der Waals surface area (Å²) in [6.45, 7) is 8.81. The summed E-state index contributed by atoms with van der Waals surface area (Å²) in [5, 5.41) is 14.3. The molecule has 8 heteroatoms. The molecule has 24 heavy (non-hydrogen) atoms. The number of ether oxygens (including phenoxy) is 1. The summed E-state index contributed by atoms with van der Waals surface area (Å²) >= 11 is 1.54. The minimum absolute atomic E-state index is 0.214. The van der Waals surface area contributed by atoms with Crippen LogP contribution in [-0.4, -0.2) is 52.8 Å². The first kappa shape index (κ1) is 22.6. The predicted molar refractivity (Wildman–Crippen MR) is 95.2 cm³/mol. The zero-order valence-corrected chi connectivity index (χ0v) is 16.2. The number of amides is 2. The molecular formula is C16H30N2O5S. The van der Waals surface area contributed by atoms with Crippen molar-refractivity contribution in [3.8, 4) is 0 Å². The van der Waals surface area contributed by atoms with Crippen molar-refractivity contribution in [2.24, 2.45) is 5.92 Å². The summed E-state index contributed by atoms with van der Waals surface area (Å²) in [5.74, 6) is -1.16. The van der Waals surface area contributed by atoms with Gasteiger partial charge in [0, 0.05) is 0 Å². The van der Waals surface area contributed by atoms with Gasteiger partial charge >= 0.3 is 12.1 Å². The topological polar surface area (TPSA) is 105 Å². The zero-order chi connectivity index (χ0) is 18.9. The highest BCUT2D eigenvalue weighted by atomic mass is 32.2. The number of carboxylic acid groups (broad SMARTS) is 1. The number of thioether (sulfide) groups is 1. The summed E-state index contributed by atoms with van der Waals surface area (Å²) < 4.78 is 5.17. The van der Waals surface area contributed by atoms with Gasteiger partial charge in [0.05, 0.1) is 0 Å². The summed E-state index contributed by atoms with van der Waals surface area (Å²) in [5.41, 5.74) is -0.676. The second-order valence-corrected chi connectivity index (χ2v) is 7.68. The average Bonchev–Trinajstić information content (AvgIpc) is 2.45. The number of hydrogen-bond acceptors (Lipinski definition) is 5. The van der Waals surface area contributed by atoms with Gasteiger partial charge in [-0.15, -0.1) is 0 Å². The molecule has 140 valence electrons. The Morgan fingerprint density at radius 1 is 1.21 bits per heavy atom. The summed E-state index contributed by atoms with van der Waals surface area (Å²) in [6, 6.07) is -1.82. The molecule has 3 atom stereocenters. The molecule has 2 amide bonds. The Bertz CT molecular complexity index is 437. The lowest BCUT2D eigenvalue weighted by atomic mass is 9.99. The molecule has 0 saturated heterocycles. The van der Waals surface area contributed by atoms with E-state index in [1.807, 2.05) is 13.2 Å². The van der Waals surface area contributed by atoms with E-state index in [1.54, 1.807) is 27.7 Å². The first-order chi connectivity index (χ1) is 11.0. The highest BCUT2D eigenvalue weighted by Crippen LogP contribution is 2.11. The molecule has 0 heterocycles. The van der Waals surface area contributed by atoms with E-state index in [-0.39, 0.29) is 5.92 Å². The smallest absolute Gasteiger partial charge is 0.408 e. The molecule has 0 rings (SSSR count). The number of carbonyl (C=O) groups excluding carboxylic acids is 2. The molecule has 0 spiro atoms. The van der Waals surface area contributed by atoms with Crippen molar-refractivity contribution >= 4 is 29.7 Å². The quantitative estimate of drug-likeness (QED) is 0.581. The average molecular weight is 362 g/mol. The Morgan fingerprint density at radius 2 is 1.79 bits per heavy atom. The minimum atomic E-state index is -1.08. The zero-order valence-electron chi connectivity index (χ0n) is 15.3. The lowest BCUT2D eigenvalue weighted by Gasteiger charge is -2.26. The van der Waals surface area contributed by atoms with Crippen LogP contribution in [-0.2, 0) is 14.3 Å². The van der Waals surface area contributed by atoms with Gasteiger partial charge in [0.1, 0.15) is 17.7 Å². The lowest BCUT2D eigenvalue weighted by molar-refractivity contribution is -0.143. The van der Waals surface area contributed by atoms with Crippen LogP contribution < -0.4 is 10.6 Å². The second-order valence-electron chi connectivity index (χ2n) is 6.69. The molecule has 0 bridgehead atoms. The van der Waals surface area contributed by atoms with Crippen LogP contribution in [0, 0.1) is 5.92 Å². The fourth-order valence-corrected chi connectivity index (χ4v) is 2.36. The van der Waals surface area contributed by atoms with Crippen LogP contribution in [0.25, 0.3) is 0 Å². The first-order valence-electron chi connectivity index (χ1n) is 8.03. The van der Waals surface area contributed by atoms with Crippen molar-refractivity contribution in [2.75, 3.05) is 12.0 Å². The molecule has 0 aliphatic heterocycles. The van der Waals surface area contributed by atoms with E-state index in [1.165, 1.54) is 11.8 Å². The molecule has 0 aromatic carbocycles. The maximum absolute atomic E-state index is 12.4. The number of carbonyl (C=O) groups is 3. The third kappa shape index (κ3) is 9.00. The number of hydrogen-bond donors (Lipinski definition) is 3. The largest absolute Gasteiger partial charge is 0.480 e. The Hall–Kier alpha value is -1.44. The minimum Gasteiger partial charge on any atom is -0.480 e. The molecule has 0 radical (unpaired) electrons. The Labute approximate surface area is 148 Å². The normalized spacial score (nSPS) is 15.1. The van der Waals surface area contributed by atoms with E-state index in [0.29, 0.717) is 18.6 Å². The molecular weight excluding hydrogens is 332 g/mol. The first-order valence-corrected chi connectivity index (χ1v) is 9.42. The molecule has 0 saturated carbocycles. The van der Waals surface area contributed by atoms with Gasteiger partial charge < -0.3 is 20.5 Å². The monoisotopic (exact) mass is 362 g/mol. The highest BCUT2D eigenvalue weighted by molar-refractivity contribution is 7.98. The van der Waals surface area contributed by atoms with Gasteiger partial charge in [-0.25, -0.2) is 9.59 Å². The van der Waals surface area contributed by atoms with Gasteiger partial charge in [0.2, 0.25) is 5.91 Å². The van der Waals surface area contributed by atoms with Crippen LogP contribution in [0.15, 0.2) is 0 Å². The van der Waals surface area contributed by atoms with E-state index in [4.69, 9.17) is 4.74 Å². The molecule has 0 aromatic rings. The van der Waals surface area contributed by atoms with Gasteiger partial charge in [-0.2, -0.15) is 11.8 Å². The van der Waals surface area contributed by atoms with Crippen LogP contribution >= 0.6 is 11.8 Å². The number of rotatable bonds is 9. The molecule has 0 aromatic heterocycles. The molecule has 0 aliphatic rings. The molecule has 7 nitrogen and oxygen atoms in total. The SMILES string of the molecule is CC[C@H](C)[C@H](NC(=O)[C@@H](CCSC)NC(=O)OC(C)(C)C)C(=O)O. The maximum Gasteiger partial charge on any atom is 0.408 e. The van der Waals surface area contributed by atoms with E-state index < -0.39 is 35.7 Å². The third-order valence-electron chi connectivity index (χ3n) is 3.39. The number of nitrogens with one attached hydrogen (secondary N) is 2. The van der Waals surface area contributed by atoms with Crippen LogP contribution in [0.1, 0.15) is 47.5 Å². The Kier molecular flexibility index (Phi) is 9.80. The van der Waals surface area contributed by atoms with Crippen LogP contribution in [0.5, 0.6) is 0 Å². The highest BCUT2D eigenvalue weighted by Gasteiger charge is 2.30. The van der Waals surface area contributed by atoms with Crippen molar-refractivity contribution in [2.45, 2.75) is 65.1 Å². The van der Waals surface area contributed by atoms with Gasteiger partial charge in [-0.1, -0.05) is 20.3 Å². The molecule has 0 fully saturated rings. The van der Waals surface area contributed by atoms with Crippen LogP contribution in [0.3, 0.4) is 0 Å². The summed E-state index contributed by atoms with van der Waals surface area (Å²) in [7, 11) is 0. The fourth-order valence-electron chi connectivity index (χ4n) is 1.89. The van der Waals surface area contributed by atoms with E-state index in [2.05, 4.69) is 10.6 Å². The molecule has 0 unspecified atom stereocenters. The van der Waals surface area contributed by atoms with Gasteiger partial charge in [0.25, 0.3) is 0 Å².